The van der Waals surface area contributed by atoms with E-state index in [0.717, 1.165) is 26.0 Å². The molecule has 3 nitrogen and oxygen atoms in total. The summed E-state index contributed by atoms with van der Waals surface area (Å²) in [6, 6.07) is 8.69. The van der Waals surface area contributed by atoms with Crippen molar-refractivity contribution < 1.29 is 4.74 Å². The third kappa shape index (κ3) is 3.16. The fraction of sp³-hybridized carbons (Fsp3) is 0.625. The highest BCUT2D eigenvalue weighted by Crippen LogP contribution is 2.39. The van der Waals surface area contributed by atoms with Crippen LogP contribution in [0.15, 0.2) is 24.3 Å². The van der Waals surface area contributed by atoms with E-state index in [1.165, 1.54) is 11.1 Å². The summed E-state index contributed by atoms with van der Waals surface area (Å²) in [4.78, 5) is 2.40. The Kier molecular flexibility index (Phi) is 4.61. The van der Waals surface area contributed by atoms with E-state index in [-0.39, 0.29) is 5.54 Å². The van der Waals surface area contributed by atoms with Crippen LogP contribution in [0.1, 0.15) is 30.9 Å². The normalized spacial score (nSPS) is 26.5. The molecule has 0 spiro atoms. The molecule has 1 fully saturated rings. The van der Waals surface area contributed by atoms with Gasteiger partial charge in [-0.1, -0.05) is 29.8 Å². The van der Waals surface area contributed by atoms with E-state index < -0.39 is 0 Å². The maximum absolute atomic E-state index is 6.01. The molecule has 0 bridgehead atoms. The van der Waals surface area contributed by atoms with Gasteiger partial charge in [0.2, 0.25) is 0 Å². The molecule has 2 rings (SSSR count). The Bertz CT molecular complexity index is 413. The smallest absolute Gasteiger partial charge is 0.0611 e. The van der Waals surface area contributed by atoms with Crippen LogP contribution in [0, 0.1) is 6.92 Å². The van der Waals surface area contributed by atoms with Crippen molar-refractivity contribution in [3.8, 4) is 0 Å². The monoisotopic (exact) mass is 262 g/mol. The Labute approximate surface area is 116 Å². The van der Waals surface area contributed by atoms with Gasteiger partial charge in [-0.2, -0.15) is 0 Å². The topological polar surface area (TPSA) is 38.5 Å². The minimum atomic E-state index is 0.129. The number of nitrogens with two attached hydrogens (primary N) is 1. The lowest BCUT2D eigenvalue weighted by molar-refractivity contribution is -0.0947. The zero-order chi connectivity index (χ0) is 13.9. The van der Waals surface area contributed by atoms with Crippen LogP contribution in [-0.2, 0) is 11.3 Å². The Hall–Kier alpha value is -0.900. The minimum absolute atomic E-state index is 0.129. The average molecular weight is 262 g/mol. The predicted molar refractivity (Wildman–Crippen MR) is 79.1 cm³/mol. The summed E-state index contributed by atoms with van der Waals surface area (Å²) in [5.41, 5.74) is 8.81. The molecule has 1 aromatic rings. The highest BCUT2D eigenvalue weighted by Gasteiger charge is 2.46. The SMILES string of the molecule is CCOC1CC(CN)(N(C)Cc2cccc(C)c2)C1. The summed E-state index contributed by atoms with van der Waals surface area (Å²) in [7, 11) is 2.18. The van der Waals surface area contributed by atoms with Gasteiger partial charge in [0.05, 0.1) is 6.10 Å². The Balaban J connectivity index is 1.97. The van der Waals surface area contributed by atoms with E-state index in [2.05, 4.69) is 50.1 Å². The number of ether oxygens (including phenoxy) is 1. The summed E-state index contributed by atoms with van der Waals surface area (Å²) in [6.45, 7) is 6.65. The number of benzene rings is 1. The number of nitrogens with zero attached hydrogens (tertiary/aromatic N) is 1. The lowest BCUT2D eigenvalue weighted by Gasteiger charge is -2.52. The van der Waals surface area contributed by atoms with Crippen molar-refractivity contribution in [1.82, 2.24) is 4.90 Å². The van der Waals surface area contributed by atoms with Crippen LogP contribution in [0.3, 0.4) is 0 Å². The Morgan fingerprint density at radius 3 is 2.74 bits per heavy atom. The van der Waals surface area contributed by atoms with Gasteiger partial charge in [0.1, 0.15) is 0 Å². The van der Waals surface area contributed by atoms with Gasteiger partial charge < -0.3 is 10.5 Å². The predicted octanol–water partition coefficient (Wildman–Crippen LogP) is 2.32. The zero-order valence-corrected chi connectivity index (χ0v) is 12.4. The van der Waals surface area contributed by atoms with Gasteiger partial charge in [-0.05, 0) is 39.3 Å². The Morgan fingerprint density at radius 1 is 1.42 bits per heavy atom. The highest BCUT2D eigenvalue weighted by atomic mass is 16.5. The van der Waals surface area contributed by atoms with Crippen LogP contribution in [-0.4, -0.2) is 36.7 Å². The number of likely N-dealkylation sites (N-methyl/N-ethyl adjacent to an activating group) is 1. The van der Waals surface area contributed by atoms with Crippen molar-refractivity contribution in [3.63, 3.8) is 0 Å². The molecular formula is C16H26N2O. The molecule has 0 amide bonds. The third-order valence-corrected chi connectivity index (χ3v) is 4.31. The lowest BCUT2D eigenvalue weighted by Crippen LogP contribution is -2.62. The van der Waals surface area contributed by atoms with E-state index in [4.69, 9.17) is 10.5 Å². The molecule has 19 heavy (non-hydrogen) atoms. The first-order chi connectivity index (χ1) is 9.09. The molecule has 0 aliphatic heterocycles. The second kappa shape index (κ2) is 6.04. The fourth-order valence-corrected chi connectivity index (χ4v) is 3.03. The number of hydrogen-bond acceptors (Lipinski definition) is 3. The van der Waals surface area contributed by atoms with Crippen LogP contribution >= 0.6 is 0 Å². The molecule has 1 saturated carbocycles. The van der Waals surface area contributed by atoms with E-state index >= 15 is 0 Å². The van der Waals surface area contributed by atoms with Crippen molar-refractivity contribution in [2.75, 3.05) is 20.2 Å². The average Bonchev–Trinajstić information content (AvgIpc) is 2.33. The summed E-state index contributed by atoms with van der Waals surface area (Å²) >= 11 is 0. The second-order valence-corrected chi connectivity index (χ2v) is 5.76. The summed E-state index contributed by atoms with van der Waals surface area (Å²) in [6.07, 6.45) is 2.51. The first-order valence-electron chi connectivity index (χ1n) is 7.18. The molecular weight excluding hydrogens is 236 g/mol. The van der Waals surface area contributed by atoms with Crippen molar-refractivity contribution >= 4 is 0 Å². The molecule has 0 atom stereocenters. The van der Waals surface area contributed by atoms with E-state index in [1.807, 2.05) is 0 Å². The van der Waals surface area contributed by atoms with Crippen LogP contribution in [0.5, 0.6) is 0 Å². The molecule has 0 heterocycles. The van der Waals surface area contributed by atoms with Crippen molar-refractivity contribution in [2.45, 2.75) is 44.9 Å². The number of hydrogen-bond donors (Lipinski definition) is 1. The van der Waals surface area contributed by atoms with Crippen molar-refractivity contribution in [1.29, 1.82) is 0 Å². The molecule has 2 N–H and O–H groups in total. The van der Waals surface area contributed by atoms with Gasteiger partial charge in [-0.25, -0.2) is 0 Å². The van der Waals surface area contributed by atoms with Gasteiger partial charge in [0.25, 0.3) is 0 Å². The Morgan fingerprint density at radius 2 is 2.16 bits per heavy atom. The molecule has 1 aliphatic carbocycles. The minimum Gasteiger partial charge on any atom is -0.378 e. The summed E-state index contributed by atoms with van der Waals surface area (Å²) in [5, 5.41) is 0. The largest absolute Gasteiger partial charge is 0.378 e. The molecule has 0 saturated heterocycles. The molecule has 0 aromatic heterocycles. The lowest BCUT2D eigenvalue weighted by atomic mass is 9.73. The van der Waals surface area contributed by atoms with Gasteiger partial charge in [0.15, 0.2) is 0 Å². The maximum Gasteiger partial charge on any atom is 0.0611 e. The highest BCUT2D eigenvalue weighted by molar-refractivity contribution is 5.22. The first-order valence-corrected chi connectivity index (χ1v) is 7.18. The molecule has 1 aliphatic rings. The second-order valence-electron chi connectivity index (χ2n) is 5.76. The quantitative estimate of drug-likeness (QED) is 0.855. The first kappa shape index (κ1) is 14.5. The van der Waals surface area contributed by atoms with Crippen molar-refractivity contribution in [3.05, 3.63) is 35.4 Å². The molecule has 106 valence electrons. The van der Waals surface area contributed by atoms with Gasteiger partial charge >= 0.3 is 0 Å². The summed E-state index contributed by atoms with van der Waals surface area (Å²) < 4.78 is 5.67. The van der Waals surface area contributed by atoms with Crippen LogP contribution in [0.25, 0.3) is 0 Å². The molecule has 1 aromatic carbocycles. The zero-order valence-electron chi connectivity index (χ0n) is 12.4. The van der Waals surface area contributed by atoms with E-state index in [9.17, 15) is 0 Å². The molecule has 0 unspecified atom stereocenters. The van der Waals surface area contributed by atoms with Crippen LogP contribution in [0.2, 0.25) is 0 Å². The number of rotatable bonds is 6. The third-order valence-electron chi connectivity index (χ3n) is 4.31. The molecule has 0 radical (unpaired) electrons. The summed E-state index contributed by atoms with van der Waals surface area (Å²) in [5.74, 6) is 0. The fourth-order valence-electron chi connectivity index (χ4n) is 3.03. The van der Waals surface area contributed by atoms with E-state index in [0.29, 0.717) is 12.6 Å². The van der Waals surface area contributed by atoms with Gasteiger partial charge in [-0.3, -0.25) is 4.90 Å². The maximum atomic E-state index is 6.01. The molecule has 3 heteroatoms. The van der Waals surface area contributed by atoms with Gasteiger partial charge in [0, 0.05) is 25.2 Å². The van der Waals surface area contributed by atoms with Gasteiger partial charge in [-0.15, -0.1) is 0 Å². The van der Waals surface area contributed by atoms with Crippen LogP contribution in [0.4, 0.5) is 0 Å². The van der Waals surface area contributed by atoms with E-state index in [1.54, 1.807) is 0 Å². The van der Waals surface area contributed by atoms with Crippen LogP contribution < -0.4 is 5.73 Å². The van der Waals surface area contributed by atoms with Crippen molar-refractivity contribution in [2.24, 2.45) is 5.73 Å². The number of aryl methyl sites for hydroxylation is 1. The standard InChI is InChI=1S/C16H26N2O/c1-4-19-15-9-16(10-15,12-17)18(3)11-14-7-5-6-13(2)8-14/h5-8,15H,4,9-12,17H2,1-3H3.